The quantitative estimate of drug-likeness (QED) is 0.858. The lowest BCUT2D eigenvalue weighted by Gasteiger charge is -2.22. The number of aromatic nitrogens is 2. The Labute approximate surface area is 94.0 Å². The lowest BCUT2D eigenvalue weighted by Crippen LogP contribution is -2.24. The Morgan fingerprint density at radius 1 is 1.60 bits per heavy atom. The number of nitrogens with one attached hydrogen (secondary N) is 1. The molecule has 0 bridgehead atoms. The molecule has 2 heterocycles. The summed E-state index contributed by atoms with van der Waals surface area (Å²) in [5.74, 6) is 0.589. The first-order chi connectivity index (χ1) is 7.34. The van der Waals surface area contributed by atoms with E-state index in [1.807, 2.05) is 0 Å². The zero-order valence-corrected chi connectivity index (χ0v) is 9.20. The molecule has 4 nitrogen and oxygen atoms in total. The van der Waals surface area contributed by atoms with Crippen molar-refractivity contribution in [3.8, 4) is 0 Å². The van der Waals surface area contributed by atoms with Gasteiger partial charge in [0.1, 0.15) is 0 Å². The van der Waals surface area contributed by atoms with E-state index >= 15 is 0 Å². The molecule has 1 aromatic rings. The fraction of sp³-hybridized carbons (Fsp3) is 0.600. The van der Waals surface area contributed by atoms with Gasteiger partial charge in [0.15, 0.2) is 5.15 Å². The molecule has 2 rings (SSSR count). The molecule has 5 heteroatoms. The van der Waals surface area contributed by atoms with Gasteiger partial charge in [-0.3, -0.25) is 0 Å². The summed E-state index contributed by atoms with van der Waals surface area (Å²) in [5, 5.41) is 11.2. The second kappa shape index (κ2) is 5.28. The van der Waals surface area contributed by atoms with Crippen LogP contribution >= 0.6 is 11.6 Å². The fourth-order valence-corrected chi connectivity index (χ4v) is 1.83. The zero-order chi connectivity index (χ0) is 10.5. The lowest BCUT2D eigenvalue weighted by molar-refractivity contribution is 0.0595. The molecule has 1 aromatic heterocycles. The highest BCUT2D eigenvalue weighted by Gasteiger charge is 2.13. The SMILES string of the molecule is Clc1cc(NCC2CCCOC2)cnn1. The van der Waals surface area contributed by atoms with Crippen LogP contribution in [-0.4, -0.2) is 30.0 Å². The van der Waals surface area contributed by atoms with Crippen LogP contribution in [0.1, 0.15) is 12.8 Å². The van der Waals surface area contributed by atoms with Crippen molar-refractivity contribution in [1.82, 2.24) is 10.2 Å². The van der Waals surface area contributed by atoms with Gasteiger partial charge in [-0.2, -0.15) is 5.10 Å². The van der Waals surface area contributed by atoms with Crippen molar-refractivity contribution in [2.24, 2.45) is 5.92 Å². The topological polar surface area (TPSA) is 47.0 Å². The Morgan fingerprint density at radius 3 is 3.27 bits per heavy atom. The van der Waals surface area contributed by atoms with Gasteiger partial charge >= 0.3 is 0 Å². The molecule has 1 fully saturated rings. The fourth-order valence-electron chi connectivity index (χ4n) is 1.67. The average molecular weight is 228 g/mol. The van der Waals surface area contributed by atoms with Crippen molar-refractivity contribution in [2.45, 2.75) is 12.8 Å². The van der Waals surface area contributed by atoms with Crippen molar-refractivity contribution >= 4 is 17.3 Å². The highest BCUT2D eigenvalue weighted by atomic mass is 35.5. The van der Waals surface area contributed by atoms with Crippen molar-refractivity contribution in [3.63, 3.8) is 0 Å². The van der Waals surface area contributed by atoms with Gasteiger partial charge in [0.2, 0.25) is 0 Å². The number of hydrogen-bond donors (Lipinski definition) is 1. The average Bonchev–Trinajstić information content (AvgIpc) is 2.28. The van der Waals surface area contributed by atoms with Crippen LogP contribution in [0.25, 0.3) is 0 Å². The zero-order valence-electron chi connectivity index (χ0n) is 8.45. The van der Waals surface area contributed by atoms with Crippen LogP contribution in [0.4, 0.5) is 5.69 Å². The van der Waals surface area contributed by atoms with Crippen LogP contribution in [0.5, 0.6) is 0 Å². The molecule has 15 heavy (non-hydrogen) atoms. The van der Waals surface area contributed by atoms with Crippen LogP contribution in [0.3, 0.4) is 0 Å². The molecular formula is C10H14ClN3O. The molecule has 1 aliphatic rings. The van der Waals surface area contributed by atoms with Gasteiger partial charge in [0, 0.05) is 19.2 Å². The summed E-state index contributed by atoms with van der Waals surface area (Å²) in [6.45, 7) is 2.65. The van der Waals surface area contributed by atoms with E-state index in [1.165, 1.54) is 6.42 Å². The van der Waals surface area contributed by atoms with E-state index in [2.05, 4.69) is 15.5 Å². The number of nitrogens with zero attached hydrogens (tertiary/aromatic N) is 2. The second-order valence-corrected chi connectivity index (χ2v) is 4.12. The summed E-state index contributed by atoms with van der Waals surface area (Å²) in [7, 11) is 0. The van der Waals surface area contributed by atoms with E-state index in [9.17, 15) is 0 Å². The monoisotopic (exact) mass is 227 g/mol. The maximum absolute atomic E-state index is 5.73. The van der Waals surface area contributed by atoms with Crippen molar-refractivity contribution in [3.05, 3.63) is 17.4 Å². The van der Waals surface area contributed by atoms with Crippen LogP contribution in [0, 0.1) is 5.92 Å². The summed E-state index contributed by atoms with van der Waals surface area (Å²) in [4.78, 5) is 0. The molecule has 0 aromatic carbocycles. The Hall–Kier alpha value is -0.870. The van der Waals surface area contributed by atoms with E-state index in [0.29, 0.717) is 11.1 Å². The Morgan fingerprint density at radius 2 is 2.53 bits per heavy atom. The standard InChI is InChI=1S/C10H14ClN3O/c11-10-4-9(6-13-14-10)12-5-8-2-1-3-15-7-8/h4,6,8H,1-3,5,7H2,(H,12,14). The molecule has 1 unspecified atom stereocenters. The predicted octanol–water partition coefficient (Wildman–Crippen LogP) is 1.97. The minimum Gasteiger partial charge on any atom is -0.383 e. The molecule has 1 saturated heterocycles. The predicted molar refractivity (Wildman–Crippen MR) is 59.1 cm³/mol. The number of anilines is 1. The summed E-state index contributed by atoms with van der Waals surface area (Å²) < 4.78 is 5.40. The lowest BCUT2D eigenvalue weighted by atomic mass is 10.0. The van der Waals surface area contributed by atoms with Crippen LogP contribution in [0.2, 0.25) is 5.15 Å². The molecule has 1 aliphatic heterocycles. The summed E-state index contributed by atoms with van der Waals surface area (Å²) >= 11 is 5.73. The third-order valence-electron chi connectivity index (χ3n) is 2.47. The molecule has 0 aliphatic carbocycles. The van der Waals surface area contributed by atoms with Crippen molar-refractivity contribution in [2.75, 3.05) is 25.1 Å². The number of halogens is 1. The van der Waals surface area contributed by atoms with E-state index < -0.39 is 0 Å². The molecule has 82 valence electrons. The largest absolute Gasteiger partial charge is 0.383 e. The minimum absolute atomic E-state index is 0.417. The van der Waals surface area contributed by atoms with Crippen molar-refractivity contribution in [1.29, 1.82) is 0 Å². The van der Waals surface area contributed by atoms with Crippen molar-refractivity contribution < 1.29 is 4.74 Å². The summed E-state index contributed by atoms with van der Waals surface area (Å²) in [5.41, 5.74) is 0.917. The summed E-state index contributed by atoms with van der Waals surface area (Å²) in [6, 6.07) is 1.78. The van der Waals surface area contributed by atoms with Gasteiger partial charge in [-0.15, -0.1) is 5.10 Å². The Balaban J connectivity index is 1.81. The van der Waals surface area contributed by atoms with E-state index in [-0.39, 0.29) is 0 Å². The first-order valence-corrected chi connectivity index (χ1v) is 5.52. The molecule has 0 amide bonds. The molecule has 0 radical (unpaired) electrons. The third-order valence-corrected chi connectivity index (χ3v) is 2.66. The molecule has 0 spiro atoms. The first kappa shape index (κ1) is 10.6. The highest BCUT2D eigenvalue weighted by molar-refractivity contribution is 6.29. The van der Waals surface area contributed by atoms with Crippen LogP contribution in [-0.2, 0) is 4.74 Å². The molecular weight excluding hydrogens is 214 g/mol. The molecule has 1 N–H and O–H groups in total. The van der Waals surface area contributed by atoms with E-state index in [0.717, 1.165) is 31.9 Å². The van der Waals surface area contributed by atoms with E-state index in [4.69, 9.17) is 16.3 Å². The Kier molecular flexibility index (Phi) is 3.75. The van der Waals surface area contributed by atoms with Gasteiger partial charge < -0.3 is 10.1 Å². The second-order valence-electron chi connectivity index (χ2n) is 3.73. The summed E-state index contributed by atoms with van der Waals surface area (Å²) in [6.07, 6.45) is 4.05. The Bertz CT molecular complexity index is 315. The smallest absolute Gasteiger partial charge is 0.153 e. The van der Waals surface area contributed by atoms with Gasteiger partial charge in [-0.1, -0.05) is 11.6 Å². The third kappa shape index (κ3) is 3.32. The molecule has 1 atom stereocenters. The molecule has 0 saturated carbocycles. The number of rotatable bonds is 3. The van der Waals surface area contributed by atoms with Gasteiger partial charge in [0.25, 0.3) is 0 Å². The maximum Gasteiger partial charge on any atom is 0.153 e. The highest BCUT2D eigenvalue weighted by Crippen LogP contribution is 2.15. The van der Waals surface area contributed by atoms with Gasteiger partial charge in [0.05, 0.1) is 18.5 Å². The number of ether oxygens (including phenoxy) is 1. The number of hydrogen-bond acceptors (Lipinski definition) is 4. The van der Waals surface area contributed by atoms with Crippen LogP contribution < -0.4 is 5.32 Å². The minimum atomic E-state index is 0.417. The van der Waals surface area contributed by atoms with Gasteiger partial charge in [-0.05, 0) is 18.8 Å². The first-order valence-electron chi connectivity index (χ1n) is 5.14. The van der Waals surface area contributed by atoms with Crippen LogP contribution in [0.15, 0.2) is 12.3 Å². The van der Waals surface area contributed by atoms with Gasteiger partial charge in [-0.25, -0.2) is 0 Å². The normalized spacial score (nSPS) is 21.3. The van der Waals surface area contributed by atoms with E-state index in [1.54, 1.807) is 12.3 Å². The maximum atomic E-state index is 5.73.